The molecule has 0 spiro atoms. The molecule has 8 nitrogen and oxygen atoms in total. The molecule has 1 aliphatic carbocycles. The van der Waals surface area contributed by atoms with Crippen molar-refractivity contribution in [3.63, 3.8) is 0 Å². The van der Waals surface area contributed by atoms with Crippen molar-refractivity contribution in [2.75, 3.05) is 43.6 Å². The summed E-state index contributed by atoms with van der Waals surface area (Å²) in [6, 6.07) is 10.3. The van der Waals surface area contributed by atoms with E-state index in [-0.39, 0.29) is 21.9 Å². The maximum Gasteiger partial charge on any atom is 0.419 e. The van der Waals surface area contributed by atoms with E-state index in [4.69, 9.17) is 9.47 Å². The van der Waals surface area contributed by atoms with Crippen LogP contribution in [0.1, 0.15) is 15.9 Å². The number of amides is 2. The molecule has 1 fully saturated rings. The molecule has 6 rings (SSSR count). The van der Waals surface area contributed by atoms with E-state index < -0.39 is 58.0 Å². The summed E-state index contributed by atoms with van der Waals surface area (Å²) in [5.74, 6) is -3.33. The van der Waals surface area contributed by atoms with Crippen molar-refractivity contribution in [2.45, 2.75) is 17.6 Å². The third kappa shape index (κ3) is 7.35. The van der Waals surface area contributed by atoms with Crippen molar-refractivity contribution < 1.29 is 49.8 Å². The maximum absolute atomic E-state index is 13.9. The lowest BCUT2D eigenvalue weighted by Crippen LogP contribution is -2.36. The number of carbonyl (C=O) groups excluding carboxylic acids is 2. The number of pyridine rings is 1. The Labute approximate surface area is 285 Å². The van der Waals surface area contributed by atoms with Gasteiger partial charge in [-0.25, -0.2) is 9.37 Å². The Morgan fingerprint density at radius 2 is 1.68 bits per heavy atom. The van der Waals surface area contributed by atoms with Crippen LogP contribution < -0.4 is 20.3 Å². The van der Waals surface area contributed by atoms with Gasteiger partial charge in [0.15, 0.2) is 0 Å². The van der Waals surface area contributed by atoms with Gasteiger partial charge < -0.3 is 25.0 Å². The predicted octanol–water partition coefficient (Wildman–Crippen LogP) is 7.12. The van der Waals surface area contributed by atoms with Gasteiger partial charge in [-0.15, -0.1) is 11.8 Å². The van der Waals surface area contributed by atoms with Gasteiger partial charge in [0.1, 0.15) is 17.4 Å². The van der Waals surface area contributed by atoms with Gasteiger partial charge >= 0.3 is 12.4 Å². The first-order valence-corrected chi connectivity index (χ1v) is 16.0. The van der Waals surface area contributed by atoms with Crippen LogP contribution in [0, 0.1) is 11.7 Å². The molecule has 0 bridgehead atoms. The van der Waals surface area contributed by atoms with E-state index in [1.165, 1.54) is 19.3 Å². The van der Waals surface area contributed by atoms with Crippen LogP contribution in [0.3, 0.4) is 0 Å². The lowest BCUT2D eigenvalue weighted by atomic mass is 9.92. The summed E-state index contributed by atoms with van der Waals surface area (Å²) < 4.78 is 105. The number of nitrogens with one attached hydrogen (secondary N) is 2. The zero-order valence-electron chi connectivity index (χ0n) is 26.0. The van der Waals surface area contributed by atoms with E-state index in [9.17, 15) is 40.3 Å². The number of thioether (sulfide) groups is 1. The molecular weight excluding hydrogens is 693 g/mol. The average molecular weight is 721 g/mol. The minimum absolute atomic E-state index is 0.0302. The Balaban J connectivity index is 1.31. The number of anilines is 2. The lowest BCUT2D eigenvalue weighted by Gasteiger charge is -2.27. The van der Waals surface area contributed by atoms with E-state index in [2.05, 4.69) is 20.5 Å². The molecule has 3 aliphatic rings. The van der Waals surface area contributed by atoms with E-state index in [0.717, 1.165) is 24.0 Å². The molecule has 50 heavy (non-hydrogen) atoms. The third-order valence-corrected chi connectivity index (χ3v) is 9.53. The van der Waals surface area contributed by atoms with Crippen molar-refractivity contribution >= 4 is 35.1 Å². The number of nitrogens with zero attached hydrogens (tertiary/aromatic N) is 2. The number of ether oxygens (including phenoxy) is 2. The molecule has 2 N–H and O–H groups in total. The average Bonchev–Trinajstić information content (AvgIpc) is 3.46. The molecule has 3 aromatic rings. The van der Waals surface area contributed by atoms with Gasteiger partial charge in [0.2, 0.25) is 0 Å². The number of carbonyl (C=O) groups is 2. The lowest BCUT2D eigenvalue weighted by molar-refractivity contribution is -0.140. The maximum atomic E-state index is 13.9. The Hall–Kier alpha value is -4.83. The molecule has 16 heteroatoms. The van der Waals surface area contributed by atoms with Crippen LogP contribution in [-0.2, 0) is 15.7 Å². The second-order valence-corrected chi connectivity index (χ2v) is 12.5. The molecule has 262 valence electrons. The Morgan fingerprint density at radius 3 is 2.34 bits per heavy atom. The van der Waals surface area contributed by atoms with Crippen molar-refractivity contribution in [1.29, 1.82) is 0 Å². The molecule has 1 saturated heterocycles. The monoisotopic (exact) mass is 720 g/mol. The minimum Gasteiger partial charge on any atom is -0.496 e. The van der Waals surface area contributed by atoms with Gasteiger partial charge in [0, 0.05) is 47.4 Å². The van der Waals surface area contributed by atoms with Crippen LogP contribution in [0.4, 0.5) is 42.2 Å². The Bertz CT molecular complexity index is 1900. The topological polar surface area (TPSA) is 92.8 Å². The second-order valence-electron chi connectivity index (χ2n) is 11.4. The van der Waals surface area contributed by atoms with Crippen LogP contribution in [0.15, 0.2) is 89.1 Å². The largest absolute Gasteiger partial charge is 0.496 e. The number of rotatable bonds is 7. The van der Waals surface area contributed by atoms with Crippen molar-refractivity contribution in [3.05, 3.63) is 106 Å². The summed E-state index contributed by atoms with van der Waals surface area (Å²) in [6.07, 6.45) is -5.16. The summed E-state index contributed by atoms with van der Waals surface area (Å²) in [7, 11) is 1.34. The third-order valence-electron chi connectivity index (χ3n) is 8.18. The van der Waals surface area contributed by atoms with Gasteiger partial charge in [0.05, 0.1) is 41.9 Å². The first-order valence-electron chi connectivity index (χ1n) is 15.1. The molecule has 3 heterocycles. The van der Waals surface area contributed by atoms with Crippen LogP contribution >= 0.6 is 11.8 Å². The zero-order valence-corrected chi connectivity index (χ0v) is 26.8. The number of fused-ring (bicyclic) bond motifs is 1. The summed E-state index contributed by atoms with van der Waals surface area (Å²) in [5.41, 5.74) is -1.77. The SMILES string of the molecule is COc1ccc(-c2ccc(N3CCOCC3)nc2)cc1C(=O)NC1=C(C(=O)Nc2ccc(F)c(C(F)(F)F)c2)SC2C=C(C(F)(F)F)C=CC12. The zero-order chi connectivity index (χ0) is 35.8. The number of hydrogen-bond donors (Lipinski definition) is 2. The highest BCUT2D eigenvalue weighted by Gasteiger charge is 2.43. The van der Waals surface area contributed by atoms with Gasteiger partial charge in [-0.05, 0) is 48.0 Å². The van der Waals surface area contributed by atoms with E-state index in [1.54, 1.807) is 18.3 Å². The molecule has 2 amide bonds. The molecule has 2 aromatic carbocycles. The number of allylic oxidation sites excluding steroid dienone is 3. The smallest absolute Gasteiger partial charge is 0.419 e. The fraction of sp³-hybridized carbons (Fsp3) is 0.265. The highest BCUT2D eigenvalue weighted by atomic mass is 32.2. The standard InChI is InChI=1S/C34H27F7N4O4S/c1-48-26-8-2-18(19-3-9-28(42-17-19)45-10-12-49-13-11-45)14-23(26)31(46)44-29-22-6-4-20(33(36,37)38)15-27(22)50-30(29)32(47)43-21-5-7-25(35)24(16-21)34(39,40)41/h2-9,14-17,22,27H,10-13H2,1H3,(H,43,47)(H,44,46). The quantitative estimate of drug-likeness (QED) is 0.251. The normalized spacial score (nSPS) is 19.2. The number of aromatic nitrogens is 1. The number of hydrogen-bond acceptors (Lipinski definition) is 7. The van der Waals surface area contributed by atoms with Gasteiger partial charge in [-0.3, -0.25) is 9.59 Å². The molecule has 1 aromatic heterocycles. The van der Waals surface area contributed by atoms with Crippen LogP contribution in [0.25, 0.3) is 11.1 Å². The molecule has 2 unspecified atom stereocenters. The molecule has 2 atom stereocenters. The van der Waals surface area contributed by atoms with E-state index in [0.29, 0.717) is 61.3 Å². The van der Waals surface area contributed by atoms with Crippen LogP contribution in [0.2, 0.25) is 0 Å². The summed E-state index contributed by atoms with van der Waals surface area (Å²) in [5, 5.41) is 3.92. The first-order chi connectivity index (χ1) is 23.7. The Kier molecular flexibility index (Phi) is 9.68. The highest BCUT2D eigenvalue weighted by Crippen LogP contribution is 2.47. The summed E-state index contributed by atoms with van der Waals surface area (Å²) >= 11 is 0.701. The van der Waals surface area contributed by atoms with Crippen LogP contribution in [0.5, 0.6) is 5.75 Å². The van der Waals surface area contributed by atoms with Gasteiger partial charge in [-0.1, -0.05) is 24.3 Å². The fourth-order valence-corrected chi connectivity index (χ4v) is 7.01. The number of alkyl halides is 6. The highest BCUT2D eigenvalue weighted by molar-refractivity contribution is 8.05. The fourth-order valence-electron chi connectivity index (χ4n) is 5.68. The number of halogens is 7. The molecule has 0 radical (unpaired) electrons. The molecular formula is C34H27F7N4O4S. The molecule has 0 saturated carbocycles. The predicted molar refractivity (Wildman–Crippen MR) is 172 cm³/mol. The van der Waals surface area contributed by atoms with Crippen LogP contribution in [-0.4, -0.2) is 61.6 Å². The van der Waals surface area contributed by atoms with E-state index in [1.807, 2.05) is 12.1 Å². The first kappa shape index (κ1) is 35.0. The number of methoxy groups -OCH3 is 1. The van der Waals surface area contributed by atoms with Crippen molar-refractivity contribution in [3.8, 4) is 16.9 Å². The second kappa shape index (κ2) is 13.8. The Morgan fingerprint density at radius 1 is 0.940 bits per heavy atom. The number of morpholine rings is 1. The summed E-state index contributed by atoms with van der Waals surface area (Å²) in [6.45, 7) is 2.55. The minimum atomic E-state index is -5.06. The van der Waals surface area contributed by atoms with E-state index >= 15 is 0 Å². The van der Waals surface area contributed by atoms with Crippen molar-refractivity contribution in [2.24, 2.45) is 5.92 Å². The van der Waals surface area contributed by atoms with Crippen molar-refractivity contribution in [1.82, 2.24) is 10.3 Å². The number of benzene rings is 2. The summed E-state index contributed by atoms with van der Waals surface area (Å²) in [4.78, 5) is 33.7. The van der Waals surface area contributed by atoms with Gasteiger partial charge in [0.25, 0.3) is 11.8 Å². The molecule has 2 aliphatic heterocycles. The van der Waals surface area contributed by atoms with Gasteiger partial charge in [-0.2, -0.15) is 26.3 Å².